The summed E-state index contributed by atoms with van der Waals surface area (Å²) in [6.45, 7) is 1.31. The molecule has 1 fully saturated rings. The molecule has 1 aliphatic heterocycles. The van der Waals surface area contributed by atoms with Gasteiger partial charge in [-0.15, -0.1) is 0 Å². The Labute approximate surface area is 174 Å². The smallest absolute Gasteiger partial charge is 0.337 e. The Balaban J connectivity index is 1.43. The largest absolute Gasteiger partial charge is 0.465 e. The van der Waals surface area contributed by atoms with Gasteiger partial charge in [0.1, 0.15) is 0 Å². The molecule has 1 heterocycles. The van der Waals surface area contributed by atoms with Crippen LogP contribution in [-0.4, -0.2) is 50.7 Å². The van der Waals surface area contributed by atoms with Gasteiger partial charge in [0.25, 0.3) is 5.91 Å². The summed E-state index contributed by atoms with van der Waals surface area (Å²) in [5, 5.41) is 8.61. The van der Waals surface area contributed by atoms with Gasteiger partial charge in [-0.2, -0.15) is 0 Å². The van der Waals surface area contributed by atoms with Gasteiger partial charge in [0.2, 0.25) is 5.91 Å². The maximum absolute atomic E-state index is 12.2. The molecule has 1 atom stereocenters. The molecule has 0 aromatic heterocycles. The summed E-state index contributed by atoms with van der Waals surface area (Å²) in [5.41, 5.74) is 2.26. The van der Waals surface area contributed by atoms with Gasteiger partial charge in [-0.1, -0.05) is 0 Å². The molecule has 8 nitrogen and oxygen atoms in total. The Morgan fingerprint density at radius 3 is 2.30 bits per heavy atom. The second-order valence-corrected chi connectivity index (χ2v) is 6.89. The first kappa shape index (κ1) is 21.3. The Kier molecular flexibility index (Phi) is 7.40. The summed E-state index contributed by atoms with van der Waals surface area (Å²) in [6.07, 6.45) is 2.09. The number of carbonyl (C=O) groups is 3. The molecule has 1 saturated heterocycles. The van der Waals surface area contributed by atoms with E-state index in [1.807, 2.05) is 0 Å². The molecular formula is C22H25N3O5. The third-order valence-electron chi connectivity index (χ3n) is 4.70. The monoisotopic (exact) mass is 411 g/mol. The summed E-state index contributed by atoms with van der Waals surface area (Å²) in [6, 6.07) is 13.3. The molecule has 3 rings (SSSR count). The summed E-state index contributed by atoms with van der Waals surface area (Å²) in [7, 11) is 1.32. The summed E-state index contributed by atoms with van der Waals surface area (Å²) < 4.78 is 10.1. The average molecular weight is 411 g/mol. The highest BCUT2D eigenvalue weighted by Gasteiger charge is 2.16. The van der Waals surface area contributed by atoms with E-state index in [1.165, 1.54) is 7.11 Å². The predicted octanol–water partition coefficient (Wildman–Crippen LogP) is 2.43. The van der Waals surface area contributed by atoms with Crippen molar-refractivity contribution in [2.75, 3.05) is 37.4 Å². The zero-order valence-electron chi connectivity index (χ0n) is 16.8. The molecule has 30 heavy (non-hydrogen) atoms. The number of ether oxygens (including phenoxy) is 2. The minimum Gasteiger partial charge on any atom is -0.465 e. The number of methoxy groups -OCH3 is 1. The molecule has 8 heteroatoms. The van der Waals surface area contributed by atoms with Crippen LogP contribution in [0.2, 0.25) is 0 Å². The van der Waals surface area contributed by atoms with Gasteiger partial charge in [0.15, 0.2) is 0 Å². The molecule has 0 radical (unpaired) electrons. The average Bonchev–Trinajstić information content (AvgIpc) is 3.30. The van der Waals surface area contributed by atoms with Gasteiger partial charge in [-0.3, -0.25) is 9.59 Å². The lowest BCUT2D eigenvalue weighted by Gasteiger charge is -2.11. The van der Waals surface area contributed by atoms with Crippen LogP contribution in [0.1, 0.15) is 33.6 Å². The van der Waals surface area contributed by atoms with E-state index in [1.54, 1.807) is 48.5 Å². The van der Waals surface area contributed by atoms with E-state index in [9.17, 15) is 14.4 Å². The zero-order valence-corrected chi connectivity index (χ0v) is 16.8. The number of anilines is 2. The number of hydrogen-bond acceptors (Lipinski definition) is 6. The van der Waals surface area contributed by atoms with Crippen molar-refractivity contribution in [3.8, 4) is 0 Å². The van der Waals surface area contributed by atoms with E-state index in [2.05, 4.69) is 20.7 Å². The molecule has 3 N–H and O–H groups in total. The van der Waals surface area contributed by atoms with Crippen LogP contribution in [0, 0.1) is 0 Å². The van der Waals surface area contributed by atoms with Gasteiger partial charge < -0.3 is 25.4 Å². The number of nitrogens with one attached hydrogen (secondary N) is 3. The number of hydrogen-bond donors (Lipinski definition) is 3. The van der Waals surface area contributed by atoms with Crippen molar-refractivity contribution in [3.05, 3.63) is 59.7 Å². The zero-order chi connectivity index (χ0) is 21.3. The van der Waals surface area contributed by atoms with Crippen LogP contribution in [0.4, 0.5) is 11.4 Å². The minimum absolute atomic E-state index is 0.0567. The second-order valence-electron chi connectivity index (χ2n) is 6.89. The van der Waals surface area contributed by atoms with Crippen LogP contribution < -0.4 is 16.0 Å². The van der Waals surface area contributed by atoms with Crippen molar-refractivity contribution < 1.29 is 23.9 Å². The fourth-order valence-corrected chi connectivity index (χ4v) is 3.05. The lowest BCUT2D eigenvalue weighted by atomic mass is 10.2. The van der Waals surface area contributed by atoms with Crippen LogP contribution >= 0.6 is 0 Å². The fourth-order valence-electron chi connectivity index (χ4n) is 3.05. The van der Waals surface area contributed by atoms with Crippen molar-refractivity contribution >= 4 is 29.2 Å². The Morgan fingerprint density at radius 2 is 1.67 bits per heavy atom. The van der Waals surface area contributed by atoms with Crippen LogP contribution in [0.25, 0.3) is 0 Å². The van der Waals surface area contributed by atoms with E-state index in [0.29, 0.717) is 29.0 Å². The van der Waals surface area contributed by atoms with Crippen LogP contribution in [0.5, 0.6) is 0 Å². The molecular weight excluding hydrogens is 386 g/mol. The third-order valence-corrected chi connectivity index (χ3v) is 4.70. The van der Waals surface area contributed by atoms with E-state index in [4.69, 9.17) is 4.74 Å². The molecule has 2 amide bonds. The first-order valence-electron chi connectivity index (χ1n) is 9.77. The number of carbonyl (C=O) groups excluding carboxylic acids is 3. The molecule has 0 bridgehead atoms. The molecule has 1 unspecified atom stereocenters. The van der Waals surface area contributed by atoms with Crippen LogP contribution in [0.3, 0.4) is 0 Å². The van der Waals surface area contributed by atoms with E-state index in [-0.39, 0.29) is 24.5 Å². The predicted molar refractivity (Wildman–Crippen MR) is 113 cm³/mol. The van der Waals surface area contributed by atoms with Gasteiger partial charge in [0, 0.05) is 30.1 Å². The lowest BCUT2D eigenvalue weighted by Crippen LogP contribution is -2.31. The highest BCUT2D eigenvalue weighted by atomic mass is 16.5. The van der Waals surface area contributed by atoms with Crippen LogP contribution in [0.15, 0.2) is 48.5 Å². The van der Waals surface area contributed by atoms with Gasteiger partial charge in [-0.05, 0) is 61.4 Å². The highest BCUT2D eigenvalue weighted by Crippen LogP contribution is 2.13. The Hall–Kier alpha value is -3.39. The number of benzene rings is 2. The second kappa shape index (κ2) is 10.4. The molecule has 0 saturated carbocycles. The molecule has 1 aliphatic rings. The molecule has 2 aromatic rings. The minimum atomic E-state index is -0.414. The number of amides is 2. The normalized spacial score (nSPS) is 15.3. The lowest BCUT2D eigenvalue weighted by molar-refractivity contribution is -0.114. The highest BCUT2D eigenvalue weighted by molar-refractivity contribution is 5.96. The third kappa shape index (κ3) is 6.05. The van der Waals surface area contributed by atoms with Crippen molar-refractivity contribution in [1.29, 1.82) is 0 Å². The molecule has 0 aliphatic carbocycles. The Bertz CT molecular complexity index is 875. The standard InChI is InChI=1S/C22H25N3O5/c1-29-22(28)16-6-8-17(9-7-16)23-14-20(26)25-18-10-4-15(5-11-18)21(27)24-13-19-3-2-12-30-19/h4-11,19,23H,2-3,12-14H2,1H3,(H,24,27)(H,25,26). The summed E-state index contributed by atoms with van der Waals surface area (Å²) in [5.74, 6) is -0.814. The van der Waals surface area contributed by atoms with Crippen LogP contribution in [-0.2, 0) is 14.3 Å². The van der Waals surface area contributed by atoms with E-state index < -0.39 is 5.97 Å². The topological polar surface area (TPSA) is 106 Å². The SMILES string of the molecule is COC(=O)c1ccc(NCC(=O)Nc2ccc(C(=O)NCC3CCCO3)cc2)cc1. The summed E-state index contributed by atoms with van der Waals surface area (Å²) >= 11 is 0. The Morgan fingerprint density at radius 1 is 1.00 bits per heavy atom. The maximum Gasteiger partial charge on any atom is 0.337 e. The van der Waals surface area contributed by atoms with Crippen molar-refractivity contribution in [2.45, 2.75) is 18.9 Å². The van der Waals surface area contributed by atoms with Crippen molar-refractivity contribution in [1.82, 2.24) is 5.32 Å². The van der Waals surface area contributed by atoms with E-state index in [0.717, 1.165) is 19.4 Å². The summed E-state index contributed by atoms with van der Waals surface area (Å²) in [4.78, 5) is 35.7. The number of esters is 1. The first-order chi connectivity index (χ1) is 14.5. The van der Waals surface area contributed by atoms with Crippen molar-refractivity contribution in [3.63, 3.8) is 0 Å². The van der Waals surface area contributed by atoms with E-state index >= 15 is 0 Å². The van der Waals surface area contributed by atoms with Gasteiger partial charge in [-0.25, -0.2) is 4.79 Å². The van der Waals surface area contributed by atoms with Crippen molar-refractivity contribution in [2.24, 2.45) is 0 Å². The molecule has 0 spiro atoms. The quantitative estimate of drug-likeness (QED) is 0.576. The molecule has 158 valence electrons. The maximum atomic E-state index is 12.2. The molecule has 2 aromatic carbocycles. The first-order valence-corrected chi connectivity index (χ1v) is 9.77. The fraction of sp³-hybridized carbons (Fsp3) is 0.318. The number of rotatable bonds is 8. The van der Waals surface area contributed by atoms with Gasteiger partial charge in [0.05, 0.1) is 25.3 Å². The van der Waals surface area contributed by atoms with Gasteiger partial charge >= 0.3 is 5.97 Å².